The Morgan fingerprint density at radius 1 is 1.00 bits per heavy atom. The number of carboxylic acid groups (broad SMARTS) is 2. The van der Waals surface area contributed by atoms with E-state index in [0.29, 0.717) is 7.14 Å². The zero-order valence-corrected chi connectivity index (χ0v) is 16.0. The van der Waals surface area contributed by atoms with Gasteiger partial charge in [0.2, 0.25) is 0 Å². The molecule has 0 bridgehead atoms. The van der Waals surface area contributed by atoms with Crippen molar-refractivity contribution in [2.24, 2.45) is 0 Å². The zero-order valence-electron chi connectivity index (χ0n) is 9.54. The molecule has 0 saturated carbocycles. The number of carbonyl (C=O) groups is 3. The molecule has 20 heavy (non-hydrogen) atoms. The standard InChI is InChI=1S/C10H7I3N2O5/c11-5-3(9(18)15-1-2(16)17)6(12)8(14)7(13)4(5)10(19)20/h1,14H2,(H,15,18)(H,16,17)(H,19,20). The summed E-state index contributed by atoms with van der Waals surface area (Å²) in [6, 6.07) is 0. The lowest BCUT2D eigenvalue weighted by Gasteiger charge is -2.14. The lowest BCUT2D eigenvalue weighted by molar-refractivity contribution is -0.135. The maximum atomic E-state index is 12.0. The number of aromatic carboxylic acids is 1. The monoisotopic (exact) mass is 616 g/mol. The molecule has 10 heteroatoms. The van der Waals surface area contributed by atoms with Gasteiger partial charge in [0.15, 0.2) is 0 Å². The Bertz CT molecular complexity index is 618. The summed E-state index contributed by atoms with van der Waals surface area (Å²) >= 11 is 5.38. The third kappa shape index (κ3) is 3.63. The lowest BCUT2D eigenvalue weighted by Crippen LogP contribution is -2.31. The van der Waals surface area contributed by atoms with E-state index in [9.17, 15) is 19.5 Å². The van der Waals surface area contributed by atoms with Crippen LogP contribution in [0.25, 0.3) is 0 Å². The summed E-state index contributed by atoms with van der Waals surface area (Å²) in [4.78, 5) is 33.7. The summed E-state index contributed by atoms with van der Waals surface area (Å²) in [5.74, 6) is -3.07. The van der Waals surface area contributed by atoms with Gasteiger partial charge >= 0.3 is 11.9 Å². The van der Waals surface area contributed by atoms with E-state index in [1.807, 2.05) is 22.6 Å². The first-order chi connectivity index (χ1) is 9.18. The number of hydrogen-bond acceptors (Lipinski definition) is 4. The fourth-order valence-corrected chi connectivity index (χ4v) is 5.43. The number of halogens is 3. The second-order valence-corrected chi connectivity index (χ2v) is 6.72. The Kier molecular flexibility index (Phi) is 6.24. The first-order valence-corrected chi connectivity index (χ1v) is 8.11. The summed E-state index contributed by atoms with van der Waals surface area (Å²) < 4.78 is 0.962. The average Bonchev–Trinajstić information content (AvgIpc) is 2.33. The molecule has 0 spiro atoms. The van der Waals surface area contributed by atoms with Crippen LogP contribution in [0.2, 0.25) is 0 Å². The van der Waals surface area contributed by atoms with Crippen LogP contribution in [0, 0.1) is 10.7 Å². The molecule has 1 amide bonds. The van der Waals surface area contributed by atoms with Gasteiger partial charge in [-0.15, -0.1) is 0 Å². The number of nitrogens with one attached hydrogen (secondary N) is 1. The van der Waals surface area contributed by atoms with Crippen molar-refractivity contribution in [2.45, 2.75) is 0 Å². The van der Waals surface area contributed by atoms with Crippen LogP contribution in [0.3, 0.4) is 0 Å². The first kappa shape index (κ1) is 17.7. The average molecular weight is 616 g/mol. The SMILES string of the molecule is Nc1c(I)c(C(=O)O)c(I)c(C(=O)NCC(=O)O)c1I. The predicted octanol–water partition coefficient (Wildman–Crippen LogP) is 1.60. The molecule has 108 valence electrons. The molecule has 1 aromatic carbocycles. The van der Waals surface area contributed by atoms with Crippen LogP contribution in [-0.2, 0) is 4.79 Å². The second kappa shape index (κ2) is 7.06. The Morgan fingerprint density at radius 3 is 1.95 bits per heavy atom. The Balaban J connectivity index is 3.43. The molecule has 0 aromatic heterocycles. The number of amides is 1. The fraction of sp³-hybridized carbons (Fsp3) is 0.100. The molecule has 0 unspecified atom stereocenters. The molecule has 0 fully saturated rings. The number of rotatable bonds is 4. The molecular weight excluding hydrogens is 609 g/mol. The zero-order chi connectivity index (χ0) is 15.6. The highest BCUT2D eigenvalue weighted by Gasteiger charge is 2.26. The minimum absolute atomic E-state index is 0.0652. The van der Waals surface area contributed by atoms with Gasteiger partial charge in [-0.1, -0.05) is 0 Å². The molecular formula is C10H7I3N2O5. The van der Waals surface area contributed by atoms with Crippen LogP contribution in [0.15, 0.2) is 0 Å². The van der Waals surface area contributed by atoms with E-state index in [0.717, 1.165) is 0 Å². The summed E-state index contributed by atoms with van der Waals surface area (Å²) in [7, 11) is 0. The number of anilines is 1. The van der Waals surface area contributed by atoms with Crippen molar-refractivity contribution in [3.8, 4) is 0 Å². The van der Waals surface area contributed by atoms with Gasteiger partial charge in [-0.2, -0.15) is 0 Å². The van der Waals surface area contributed by atoms with Crippen molar-refractivity contribution in [2.75, 3.05) is 12.3 Å². The van der Waals surface area contributed by atoms with Crippen LogP contribution in [-0.4, -0.2) is 34.6 Å². The van der Waals surface area contributed by atoms with Crippen LogP contribution in [0.5, 0.6) is 0 Å². The number of carbonyl (C=O) groups excluding carboxylic acids is 1. The van der Waals surface area contributed by atoms with Crippen molar-refractivity contribution >= 4 is 91.3 Å². The third-order valence-electron chi connectivity index (χ3n) is 2.19. The third-order valence-corrected chi connectivity index (χ3v) is 5.51. The van der Waals surface area contributed by atoms with Crippen LogP contribution in [0.4, 0.5) is 5.69 Å². The van der Waals surface area contributed by atoms with Crippen molar-refractivity contribution in [1.82, 2.24) is 5.32 Å². The van der Waals surface area contributed by atoms with E-state index in [1.165, 1.54) is 0 Å². The number of aliphatic carboxylic acids is 1. The van der Waals surface area contributed by atoms with Gasteiger partial charge in [0.1, 0.15) is 6.54 Å². The number of benzene rings is 1. The van der Waals surface area contributed by atoms with E-state index in [4.69, 9.17) is 10.8 Å². The smallest absolute Gasteiger partial charge is 0.337 e. The molecule has 0 heterocycles. The van der Waals surface area contributed by atoms with Crippen molar-refractivity contribution in [3.05, 3.63) is 21.8 Å². The number of nitrogens with two attached hydrogens (primary N) is 1. The van der Waals surface area contributed by atoms with Crippen molar-refractivity contribution in [3.63, 3.8) is 0 Å². The van der Waals surface area contributed by atoms with Crippen molar-refractivity contribution < 1.29 is 24.6 Å². The first-order valence-electron chi connectivity index (χ1n) is 4.87. The highest BCUT2D eigenvalue weighted by atomic mass is 127. The maximum absolute atomic E-state index is 12.0. The second-order valence-electron chi connectivity index (χ2n) is 3.49. The van der Waals surface area contributed by atoms with Gasteiger partial charge in [0.05, 0.1) is 24.0 Å². The minimum atomic E-state index is -1.20. The van der Waals surface area contributed by atoms with E-state index in [-0.39, 0.29) is 20.4 Å². The van der Waals surface area contributed by atoms with Gasteiger partial charge in [0, 0.05) is 3.57 Å². The molecule has 1 aromatic rings. The molecule has 0 radical (unpaired) electrons. The molecule has 5 N–H and O–H groups in total. The van der Waals surface area contributed by atoms with Crippen LogP contribution >= 0.6 is 67.8 Å². The lowest BCUT2D eigenvalue weighted by atomic mass is 10.1. The van der Waals surface area contributed by atoms with Gasteiger partial charge in [-0.3, -0.25) is 9.59 Å². The quantitative estimate of drug-likeness (QED) is 0.301. The topological polar surface area (TPSA) is 130 Å². The van der Waals surface area contributed by atoms with Gasteiger partial charge in [-0.05, 0) is 67.8 Å². The molecule has 0 atom stereocenters. The molecule has 0 aliphatic rings. The van der Waals surface area contributed by atoms with Gasteiger partial charge in [-0.25, -0.2) is 4.79 Å². The molecule has 7 nitrogen and oxygen atoms in total. The summed E-state index contributed by atoms with van der Waals surface area (Å²) in [6.45, 7) is -0.556. The predicted molar refractivity (Wildman–Crippen MR) is 95.9 cm³/mol. The molecule has 0 aliphatic carbocycles. The summed E-state index contributed by atoms with van der Waals surface area (Å²) in [5, 5.41) is 19.9. The highest BCUT2D eigenvalue weighted by molar-refractivity contribution is 14.1. The molecule has 1 rings (SSSR count). The minimum Gasteiger partial charge on any atom is -0.480 e. The Labute approximate surface area is 154 Å². The van der Waals surface area contributed by atoms with Gasteiger partial charge in [0.25, 0.3) is 5.91 Å². The maximum Gasteiger partial charge on any atom is 0.337 e. The summed E-state index contributed by atoms with van der Waals surface area (Å²) in [6.07, 6.45) is 0. The molecule has 0 saturated heterocycles. The fourth-order valence-electron chi connectivity index (χ4n) is 1.31. The Hall–Kier alpha value is -0.380. The van der Waals surface area contributed by atoms with E-state index >= 15 is 0 Å². The van der Waals surface area contributed by atoms with Crippen LogP contribution < -0.4 is 11.1 Å². The normalized spacial score (nSPS) is 10.2. The van der Waals surface area contributed by atoms with Crippen molar-refractivity contribution in [1.29, 1.82) is 0 Å². The van der Waals surface area contributed by atoms with Gasteiger partial charge < -0.3 is 21.3 Å². The van der Waals surface area contributed by atoms with E-state index < -0.39 is 24.4 Å². The summed E-state index contributed by atoms with van der Waals surface area (Å²) in [5.41, 5.74) is 6.00. The Morgan fingerprint density at radius 2 is 1.50 bits per heavy atom. The van der Waals surface area contributed by atoms with E-state index in [1.54, 1.807) is 45.2 Å². The number of carboxylic acids is 2. The highest BCUT2D eigenvalue weighted by Crippen LogP contribution is 2.33. The largest absolute Gasteiger partial charge is 0.480 e. The molecule has 0 aliphatic heterocycles. The van der Waals surface area contributed by atoms with E-state index in [2.05, 4.69) is 5.32 Å². The number of hydrogen-bond donors (Lipinski definition) is 4. The van der Waals surface area contributed by atoms with Crippen LogP contribution in [0.1, 0.15) is 20.7 Å². The number of nitrogen functional groups attached to an aromatic ring is 1.